The number of carboxylic acid groups (broad SMARTS) is 1. The molecule has 0 aliphatic carbocycles. The second kappa shape index (κ2) is 5.84. The quantitative estimate of drug-likeness (QED) is 0.690. The van der Waals surface area contributed by atoms with Crippen molar-refractivity contribution in [2.75, 3.05) is 0 Å². The molecule has 2 N–H and O–H groups in total. The van der Waals surface area contributed by atoms with Gasteiger partial charge in [0.2, 0.25) is 5.91 Å². The van der Waals surface area contributed by atoms with Crippen molar-refractivity contribution >= 4 is 11.9 Å². The highest BCUT2D eigenvalue weighted by Crippen LogP contribution is 1.97. The molecule has 88 valence electrons. The highest BCUT2D eigenvalue weighted by molar-refractivity contribution is 5.83. The second-order valence-electron chi connectivity index (χ2n) is 3.35. The fourth-order valence-corrected chi connectivity index (χ4v) is 1.25. The molecule has 0 saturated heterocycles. The van der Waals surface area contributed by atoms with Crippen LogP contribution in [-0.4, -0.2) is 38.0 Å². The third kappa shape index (κ3) is 3.68. The number of hydrogen-bond donors (Lipinski definition) is 2. The average Bonchev–Trinajstić information content (AvgIpc) is 2.69. The lowest BCUT2D eigenvalue weighted by Gasteiger charge is -2.13. The maximum atomic E-state index is 11.4. The lowest BCUT2D eigenvalue weighted by molar-refractivity contribution is -0.142. The van der Waals surface area contributed by atoms with Crippen molar-refractivity contribution in [3.05, 3.63) is 12.4 Å². The largest absolute Gasteiger partial charge is 0.480 e. The van der Waals surface area contributed by atoms with E-state index in [1.807, 2.05) is 6.92 Å². The predicted octanol–water partition coefficient (Wildman–Crippen LogP) is -0.352. The SMILES string of the molecule is CCC[C@H](NC(=O)Cn1ccnn1)C(=O)O. The summed E-state index contributed by atoms with van der Waals surface area (Å²) in [5.74, 6) is -1.40. The first kappa shape index (κ1) is 12.2. The summed E-state index contributed by atoms with van der Waals surface area (Å²) >= 11 is 0. The summed E-state index contributed by atoms with van der Waals surface area (Å²) in [7, 11) is 0. The lowest BCUT2D eigenvalue weighted by Crippen LogP contribution is -2.42. The number of carbonyl (C=O) groups excluding carboxylic acids is 1. The molecule has 0 bridgehead atoms. The maximum absolute atomic E-state index is 11.4. The zero-order chi connectivity index (χ0) is 12.0. The van der Waals surface area contributed by atoms with Crippen LogP contribution in [0.4, 0.5) is 0 Å². The Morgan fingerprint density at radius 3 is 2.81 bits per heavy atom. The normalized spacial score (nSPS) is 12.1. The van der Waals surface area contributed by atoms with Gasteiger partial charge >= 0.3 is 5.97 Å². The molecule has 16 heavy (non-hydrogen) atoms. The van der Waals surface area contributed by atoms with E-state index < -0.39 is 12.0 Å². The fraction of sp³-hybridized carbons (Fsp3) is 0.556. The molecular weight excluding hydrogens is 212 g/mol. The van der Waals surface area contributed by atoms with E-state index in [1.165, 1.54) is 17.1 Å². The smallest absolute Gasteiger partial charge is 0.326 e. The van der Waals surface area contributed by atoms with Gasteiger partial charge in [0.1, 0.15) is 12.6 Å². The standard InChI is InChI=1S/C9H14N4O3/c1-2-3-7(9(15)16)11-8(14)6-13-5-4-10-12-13/h4-5,7H,2-3,6H2,1H3,(H,11,14)(H,15,16)/t7-/m0/s1. The third-order valence-corrected chi connectivity index (χ3v) is 1.99. The number of carbonyl (C=O) groups is 2. The first-order valence-corrected chi connectivity index (χ1v) is 4.99. The van der Waals surface area contributed by atoms with E-state index in [0.717, 1.165) is 0 Å². The van der Waals surface area contributed by atoms with E-state index in [4.69, 9.17) is 5.11 Å². The van der Waals surface area contributed by atoms with Gasteiger partial charge in [-0.3, -0.25) is 4.79 Å². The Balaban J connectivity index is 2.45. The molecule has 1 aromatic heterocycles. The van der Waals surface area contributed by atoms with E-state index in [2.05, 4.69) is 15.6 Å². The number of aromatic nitrogens is 3. The van der Waals surface area contributed by atoms with E-state index >= 15 is 0 Å². The molecule has 1 aromatic rings. The highest BCUT2D eigenvalue weighted by Gasteiger charge is 2.18. The van der Waals surface area contributed by atoms with Crippen LogP contribution < -0.4 is 5.32 Å². The zero-order valence-electron chi connectivity index (χ0n) is 8.96. The molecule has 0 radical (unpaired) electrons. The topological polar surface area (TPSA) is 97.1 Å². The van der Waals surface area contributed by atoms with Gasteiger partial charge in [-0.2, -0.15) is 0 Å². The van der Waals surface area contributed by atoms with Gasteiger partial charge in [-0.1, -0.05) is 18.6 Å². The first-order chi connectivity index (χ1) is 7.63. The first-order valence-electron chi connectivity index (χ1n) is 4.99. The average molecular weight is 226 g/mol. The maximum Gasteiger partial charge on any atom is 0.326 e. The van der Waals surface area contributed by atoms with Crippen LogP contribution in [0.15, 0.2) is 12.4 Å². The Morgan fingerprint density at radius 1 is 1.56 bits per heavy atom. The summed E-state index contributed by atoms with van der Waals surface area (Å²) in [6, 6.07) is -0.832. The number of aliphatic carboxylic acids is 1. The second-order valence-corrected chi connectivity index (χ2v) is 3.35. The summed E-state index contributed by atoms with van der Waals surface area (Å²) in [4.78, 5) is 22.2. The number of nitrogens with one attached hydrogen (secondary N) is 1. The van der Waals surface area contributed by atoms with Crippen LogP contribution >= 0.6 is 0 Å². The summed E-state index contributed by atoms with van der Waals surface area (Å²) in [6.07, 6.45) is 4.10. The van der Waals surface area contributed by atoms with Crippen LogP contribution in [0.3, 0.4) is 0 Å². The predicted molar refractivity (Wildman–Crippen MR) is 54.5 cm³/mol. The van der Waals surface area contributed by atoms with Gasteiger partial charge in [-0.25, -0.2) is 9.48 Å². The third-order valence-electron chi connectivity index (χ3n) is 1.99. The van der Waals surface area contributed by atoms with Gasteiger partial charge in [-0.05, 0) is 6.42 Å². The highest BCUT2D eigenvalue weighted by atomic mass is 16.4. The van der Waals surface area contributed by atoms with E-state index in [-0.39, 0.29) is 12.5 Å². The van der Waals surface area contributed by atoms with Crippen molar-refractivity contribution in [3.8, 4) is 0 Å². The van der Waals surface area contributed by atoms with Crippen LogP contribution in [0.1, 0.15) is 19.8 Å². The van der Waals surface area contributed by atoms with Gasteiger partial charge < -0.3 is 10.4 Å². The number of carboxylic acids is 1. The molecule has 0 saturated carbocycles. The summed E-state index contributed by atoms with van der Waals surface area (Å²) in [5, 5.41) is 18.4. The van der Waals surface area contributed by atoms with Crippen molar-refractivity contribution < 1.29 is 14.7 Å². The number of hydrogen-bond acceptors (Lipinski definition) is 4. The molecule has 0 aromatic carbocycles. The molecule has 1 rings (SSSR count). The molecule has 1 heterocycles. The van der Waals surface area contributed by atoms with Crippen LogP contribution in [0.25, 0.3) is 0 Å². The van der Waals surface area contributed by atoms with Crippen LogP contribution in [0.2, 0.25) is 0 Å². The van der Waals surface area contributed by atoms with Crippen LogP contribution in [-0.2, 0) is 16.1 Å². The molecule has 1 atom stereocenters. The number of rotatable bonds is 6. The Morgan fingerprint density at radius 2 is 2.31 bits per heavy atom. The Labute approximate surface area is 92.4 Å². The number of amides is 1. The minimum Gasteiger partial charge on any atom is -0.480 e. The molecule has 1 amide bonds. The molecular formula is C9H14N4O3. The molecule has 0 aliphatic heterocycles. The molecule has 0 spiro atoms. The summed E-state index contributed by atoms with van der Waals surface area (Å²) in [5.41, 5.74) is 0. The van der Waals surface area contributed by atoms with Crippen molar-refractivity contribution in [2.24, 2.45) is 0 Å². The molecule has 7 nitrogen and oxygen atoms in total. The van der Waals surface area contributed by atoms with E-state index in [1.54, 1.807) is 0 Å². The van der Waals surface area contributed by atoms with E-state index in [0.29, 0.717) is 12.8 Å². The monoisotopic (exact) mass is 226 g/mol. The van der Waals surface area contributed by atoms with Crippen LogP contribution in [0, 0.1) is 0 Å². The van der Waals surface area contributed by atoms with Crippen molar-refractivity contribution in [3.63, 3.8) is 0 Å². The van der Waals surface area contributed by atoms with Gasteiger partial charge in [0.05, 0.1) is 6.20 Å². The van der Waals surface area contributed by atoms with E-state index in [9.17, 15) is 9.59 Å². The Bertz CT molecular complexity index is 350. The van der Waals surface area contributed by atoms with Crippen molar-refractivity contribution in [1.29, 1.82) is 0 Å². The fourth-order valence-electron chi connectivity index (χ4n) is 1.25. The number of nitrogens with zero attached hydrogens (tertiary/aromatic N) is 3. The van der Waals surface area contributed by atoms with Gasteiger partial charge in [0, 0.05) is 6.20 Å². The molecule has 0 fully saturated rings. The van der Waals surface area contributed by atoms with Gasteiger partial charge in [0.25, 0.3) is 0 Å². The summed E-state index contributed by atoms with van der Waals surface area (Å²) in [6.45, 7) is 1.84. The molecule has 7 heteroatoms. The molecule has 0 aliphatic rings. The Kier molecular flexibility index (Phi) is 4.43. The van der Waals surface area contributed by atoms with Crippen molar-refractivity contribution in [2.45, 2.75) is 32.4 Å². The lowest BCUT2D eigenvalue weighted by atomic mass is 10.1. The minimum absolute atomic E-state index is 0.0203. The molecule has 0 unspecified atom stereocenters. The Hall–Kier alpha value is -1.92. The zero-order valence-corrected chi connectivity index (χ0v) is 8.96. The van der Waals surface area contributed by atoms with Crippen molar-refractivity contribution in [1.82, 2.24) is 20.3 Å². The van der Waals surface area contributed by atoms with Gasteiger partial charge in [0.15, 0.2) is 0 Å². The summed E-state index contributed by atoms with van der Waals surface area (Å²) < 4.78 is 1.33. The minimum atomic E-state index is -1.02. The van der Waals surface area contributed by atoms with Crippen LogP contribution in [0.5, 0.6) is 0 Å². The van der Waals surface area contributed by atoms with Gasteiger partial charge in [-0.15, -0.1) is 5.10 Å².